The lowest BCUT2D eigenvalue weighted by Crippen LogP contribution is -2.23. The lowest BCUT2D eigenvalue weighted by molar-refractivity contribution is -0.137. The zero-order valence-electron chi connectivity index (χ0n) is 16.8. The highest BCUT2D eigenvalue weighted by Gasteiger charge is 2.29. The Kier molecular flexibility index (Phi) is 6.88. The predicted octanol–water partition coefficient (Wildman–Crippen LogP) is 2.18. The van der Waals surface area contributed by atoms with Gasteiger partial charge in [0.25, 0.3) is 0 Å². The molecule has 0 aliphatic heterocycles. The lowest BCUT2D eigenvalue weighted by atomic mass is 10.1. The highest BCUT2D eigenvalue weighted by atomic mass is 19.4. The summed E-state index contributed by atoms with van der Waals surface area (Å²) in [6.45, 7) is 1.88. The minimum absolute atomic E-state index is 0.232. The SMILES string of the molecule is CN(CCn1cnc(-c2cc(/C(N)=N/NN)ccn2)c1)Cc1ccc(C(F)(F)F)cc1. The normalized spacial score (nSPS) is 12.4. The van der Waals surface area contributed by atoms with Gasteiger partial charge in [-0.2, -0.15) is 13.2 Å². The zero-order valence-corrected chi connectivity index (χ0v) is 16.8. The molecule has 31 heavy (non-hydrogen) atoms. The number of likely N-dealkylation sites (N-methyl/N-ethyl adjacent to an activating group) is 1. The number of halogens is 3. The van der Waals surface area contributed by atoms with Gasteiger partial charge in [0.1, 0.15) is 5.69 Å². The summed E-state index contributed by atoms with van der Waals surface area (Å²) in [5.74, 6) is 5.38. The van der Waals surface area contributed by atoms with Gasteiger partial charge < -0.3 is 15.2 Å². The van der Waals surface area contributed by atoms with Crippen LogP contribution in [0.1, 0.15) is 16.7 Å². The van der Waals surface area contributed by atoms with E-state index in [1.54, 1.807) is 24.7 Å². The third-order valence-electron chi connectivity index (χ3n) is 4.61. The second-order valence-corrected chi connectivity index (χ2v) is 6.99. The standard InChI is InChI=1S/C20H23F3N8/c1-30(11-14-2-4-16(5-3-14)20(21,22)23)8-9-31-12-18(27-13-31)17-10-15(6-7-26-17)19(24)28-29-25/h2-7,10,12-13,29H,8-9,11,25H2,1H3,(H2,24,28). The Morgan fingerprint density at radius 3 is 2.58 bits per heavy atom. The van der Waals surface area contributed by atoms with Crippen LogP contribution in [0, 0.1) is 0 Å². The Bertz CT molecular complexity index is 1030. The molecule has 0 bridgehead atoms. The van der Waals surface area contributed by atoms with Crippen LogP contribution in [0.4, 0.5) is 13.2 Å². The summed E-state index contributed by atoms with van der Waals surface area (Å²) in [6, 6.07) is 8.69. The van der Waals surface area contributed by atoms with Crippen LogP contribution in [-0.2, 0) is 19.3 Å². The molecule has 0 saturated carbocycles. The van der Waals surface area contributed by atoms with Crippen LogP contribution in [0.25, 0.3) is 11.4 Å². The number of imidazole rings is 1. The summed E-state index contributed by atoms with van der Waals surface area (Å²) in [5, 5.41) is 3.74. The number of benzene rings is 1. The molecule has 0 saturated heterocycles. The van der Waals surface area contributed by atoms with Crippen molar-refractivity contribution in [3.63, 3.8) is 0 Å². The summed E-state index contributed by atoms with van der Waals surface area (Å²) in [4.78, 5) is 10.7. The molecule has 0 amide bonds. The largest absolute Gasteiger partial charge is 0.416 e. The molecule has 3 aromatic rings. The van der Waals surface area contributed by atoms with Crippen molar-refractivity contribution < 1.29 is 13.2 Å². The van der Waals surface area contributed by atoms with Gasteiger partial charge in [-0.3, -0.25) is 4.98 Å². The van der Waals surface area contributed by atoms with Gasteiger partial charge in [-0.05, 0) is 36.9 Å². The third-order valence-corrected chi connectivity index (χ3v) is 4.61. The first-order valence-electron chi connectivity index (χ1n) is 9.38. The van der Waals surface area contributed by atoms with Crippen molar-refractivity contribution in [2.24, 2.45) is 16.7 Å². The molecule has 0 spiro atoms. The van der Waals surface area contributed by atoms with E-state index >= 15 is 0 Å². The van der Waals surface area contributed by atoms with Crippen LogP contribution in [-0.4, -0.2) is 38.9 Å². The van der Waals surface area contributed by atoms with E-state index in [0.717, 1.165) is 17.7 Å². The van der Waals surface area contributed by atoms with Gasteiger partial charge >= 0.3 is 6.18 Å². The van der Waals surface area contributed by atoms with Crippen molar-refractivity contribution in [2.45, 2.75) is 19.3 Å². The number of hydrogen-bond acceptors (Lipinski definition) is 6. The molecule has 0 radical (unpaired) electrons. The predicted molar refractivity (Wildman–Crippen MR) is 111 cm³/mol. The molecule has 2 heterocycles. The molecule has 3 rings (SSSR count). The zero-order chi connectivity index (χ0) is 22.4. The molecule has 164 valence electrons. The van der Waals surface area contributed by atoms with E-state index in [2.05, 4.69) is 20.6 Å². The van der Waals surface area contributed by atoms with E-state index in [1.807, 2.05) is 22.7 Å². The Morgan fingerprint density at radius 2 is 1.90 bits per heavy atom. The van der Waals surface area contributed by atoms with Gasteiger partial charge in [-0.15, -0.1) is 5.10 Å². The Morgan fingerprint density at radius 1 is 1.16 bits per heavy atom. The maximum absolute atomic E-state index is 12.7. The first kappa shape index (κ1) is 22.2. The number of nitrogens with one attached hydrogen (secondary N) is 1. The second kappa shape index (κ2) is 9.58. The molecule has 0 fully saturated rings. The van der Waals surface area contributed by atoms with Gasteiger partial charge in [0, 0.05) is 37.6 Å². The van der Waals surface area contributed by atoms with E-state index < -0.39 is 11.7 Å². The first-order valence-corrected chi connectivity index (χ1v) is 9.38. The molecule has 2 aromatic heterocycles. The molecular formula is C20H23F3N8. The molecule has 1 aromatic carbocycles. The number of nitrogens with two attached hydrogens (primary N) is 2. The molecule has 0 atom stereocenters. The number of hydrazine groups is 1. The van der Waals surface area contributed by atoms with E-state index in [4.69, 9.17) is 11.6 Å². The summed E-state index contributed by atoms with van der Waals surface area (Å²) in [6.07, 6.45) is 0.860. The summed E-state index contributed by atoms with van der Waals surface area (Å²) in [5.41, 5.74) is 10.1. The number of alkyl halides is 3. The minimum atomic E-state index is -4.32. The maximum atomic E-state index is 12.7. The number of pyridine rings is 1. The van der Waals surface area contributed by atoms with Gasteiger partial charge in [-0.1, -0.05) is 12.1 Å². The fraction of sp³-hybridized carbons (Fsp3) is 0.250. The molecule has 0 aliphatic carbocycles. The summed E-state index contributed by atoms with van der Waals surface area (Å²) >= 11 is 0. The van der Waals surface area contributed by atoms with Crippen LogP contribution in [0.3, 0.4) is 0 Å². The quantitative estimate of drug-likeness (QED) is 0.218. The molecule has 11 heteroatoms. The summed E-state index contributed by atoms with van der Waals surface area (Å²) in [7, 11) is 1.91. The average Bonchev–Trinajstić information content (AvgIpc) is 3.21. The maximum Gasteiger partial charge on any atom is 0.416 e. The molecule has 0 aliphatic rings. The first-order chi connectivity index (χ1) is 14.8. The van der Waals surface area contributed by atoms with Crippen LogP contribution in [0.2, 0.25) is 0 Å². The fourth-order valence-corrected chi connectivity index (χ4v) is 2.95. The van der Waals surface area contributed by atoms with E-state index in [9.17, 15) is 13.2 Å². The summed E-state index contributed by atoms with van der Waals surface area (Å²) < 4.78 is 39.9. The lowest BCUT2D eigenvalue weighted by Gasteiger charge is -2.17. The van der Waals surface area contributed by atoms with Crippen LogP contribution < -0.4 is 17.1 Å². The van der Waals surface area contributed by atoms with Gasteiger partial charge in [0.05, 0.1) is 17.6 Å². The van der Waals surface area contributed by atoms with Crippen LogP contribution >= 0.6 is 0 Å². The topological polar surface area (TPSA) is 110 Å². The minimum Gasteiger partial charge on any atom is -0.382 e. The third kappa shape index (κ3) is 6.03. The Balaban J connectivity index is 1.58. The van der Waals surface area contributed by atoms with Crippen LogP contribution in [0.15, 0.2) is 60.2 Å². The molecular weight excluding hydrogens is 409 g/mol. The number of rotatable bonds is 8. The number of aromatic nitrogens is 3. The monoisotopic (exact) mass is 432 g/mol. The van der Waals surface area contributed by atoms with Crippen molar-refractivity contribution >= 4 is 5.84 Å². The molecule has 0 unspecified atom stereocenters. The highest BCUT2D eigenvalue weighted by Crippen LogP contribution is 2.29. The number of nitrogens with zero attached hydrogens (tertiary/aromatic N) is 5. The Hall–Kier alpha value is -3.44. The van der Waals surface area contributed by atoms with Gasteiger partial charge in [-0.25, -0.2) is 16.4 Å². The van der Waals surface area contributed by atoms with Crippen molar-refractivity contribution in [3.8, 4) is 11.4 Å². The number of hydrazone groups is 1. The van der Waals surface area contributed by atoms with Crippen molar-refractivity contribution in [1.29, 1.82) is 0 Å². The molecule has 5 N–H and O–H groups in total. The second-order valence-electron chi connectivity index (χ2n) is 6.99. The van der Waals surface area contributed by atoms with Crippen molar-refractivity contribution in [3.05, 3.63) is 71.8 Å². The fourth-order valence-electron chi connectivity index (χ4n) is 2.95. The van der Waals surface area contributed by atoms with Gasteiger partial charge in [0.2, 0.25) is 0 Å². The average molecular weight is 432 g/mol. The van der Waals surface area contributed by atoms with Crippen molar-refractivity contribution in [2.75, 3.05) is 13.6 Å². The van der Waals surface area contributed by atoms with Gasteiger partial charge in [0.15, 0.2) is 5.84 Å². The van der Waals surface area contributed by atoms with E-state index in [-0.39, 0.29) is 5.84 Å². The van der Waals surface area contributed by atoms with E-state index in [0.29, 0.717) is 36.6 Å². The Labute approximate surface area is 177 Å². The smallest absolute Gasteiger partial charge is 0.382 e. The number of amidine groups is 1. The highest BCUT2D eigenvalue weighted by molar-refractivity contribution is 5.97. The van der Waals surface area contributed by atoms with Crippen molar-refractivity contribution in [1.82, 2.24) is 25.0 Å². The number of hydrogen-bond donors (Lipinski definition) is 3. The van der Waals surface area contributed by atoms with E-state index in [1.165, 1.54) is 12.1 Å². The van der Waals surface area contributed by atoms with Crippen LogP contribution in [0.5, 0.6) is 0 Å². The molecule has 8 nitrogen and oxygen atoms in total.